The number of nitrogens with zero attached hydrogens (tertiary/aromatic N) is 2. The minimum Gasteiger partial charge on any atom is -0.496 e. The molecule has 0 amide bonds. The fourth-order valence-corrected chi connectivity index (χ4v) is 3.52. The molecule has 29 heavy (non-hydrogen) atoms. The van der Waals surface area contributed by atoms with Crippen LogP contribution in [0, 0.1) is 0 Å². The Bertz CT molecular complexity index is 822. The van der Waals surface area contributed by atoms with Crippen molar-refractivity contribution in [2.45, 2.75) is 72.1 Å². The topological polar surface area (TPSA) is 44.2 Å². The third-order valence-electron chi connectivity index (χ3n) is 4.92. The van der Waals surface area contributed by atoms with Gasteiger partial charge in [-0.3, -0.25) is 4.98 Å². The first-order valence-electron chi connectivity index (χ1n) is 10.1. The van der Waals surface area contributed by atoms with Gasteiger partial charge in [0.15, 0.2) is 0 Å². The van der Waals surface area contributed by atoms with Crippen LogP contribution >= 0.6 is 0 Å². The van der Waals surface area contributed by atoms with Crippen molar-refractivity contribution in [1.29, 1.82) is 0 Å². The Morgan fingerprint density at radius 3 is 2.21 bits per heavy atom. The van der Waals surface area contributed by atoms with Gasteiger partial charge in [-0.15, -0.1) is 13.2 Å². The number of halogens is 3. The van der Waals surface area contributed by atoms with E-state index in [1.807, 2.05) is 13.8 Å². The second-order valence-electron chi connectivity index (χ2n) is 6.86. The highest BCUT2D eigenvalue weighted by molar-refractivity contribution is 5.70. The van der Waals surface area contributed by atoms with E-state index in [9.17, 15) is 13.2 Å². The van der Waals surface area contributed by atoms with Gasteiger partial charge in [0.1, 0.15) is 11.5 Å². The van der Waals surface area contributed by atoms with Crippen molar-refractivity contribution in [3.8, 4) is 22.8 Å². The fourth-order valence-electron chi connectivity index (χ4n) is 3.52. The molecule has 1 unspecified atom stereocenters. The zero-order valence-electron chi connectivity index (χ0n) is 17.7. The molecular weight excluding hydrogens is 381 g/mol. The molecule has 7 heteroatoms. The largest absolute Gasteiger partial charge is 0.573 e. The maximum Gasteiger partial charge on any atom is 0.573 e. The first-order chi connectivity index (χ1) is 13.8. The molecule has 0 saturated carbocycles. The van der Waals surface area contributed by atoms with Gasteiger partial charge in [-0.05, 0) is 37.8 Å². The molecule has 1 aromatic carbocycles. The van der Waals surface area contributed by atoms with Gasteiger partial charge in [0.05, 0.1) is 29.9 Å². The number of aryl methyl sites for hydroxylation is 2. The van der Waals surface area contributed by atoms with Gasteiger partial charge in [-0.2, -0.15) is 0 Å². The number of hydrogen-bond acceptors (Lipinski definition) is 4. The summed E-state index contributed by atoms with van der Waals surface area (Å²) in [5.74, 6) is 0.294. The normalized spacial score (nSPS) is 12.7. The quantitative estimate of drug-likeness (QED) is 0.475. The smallest absolute Gasteiger partial charge is 0.496 e. The molecular formula is C22H29F3N2O2. The summed E-state index contributed by atoms with van der Waals surface area (Å²) in [7, 11) is 1.42. The Morgan fingerprint density at radius 2 is 1.69 bits per heavy atom. The molecule has 160 valence electrons. The number of methoxy groups -OCH3 is 1. The van der Waals surface area contributed by atoms with Crippen molar-refractivity contribution in [3.05, 3.63) is 35.3 Å². The second-order valence-corrected chi connectivity index (χ2v) is 6.86. The summed E-state index contributed by atoms with van der Waals surface area (Å²) in [6, 6.07) is 4.05. The molecule has 0 spiro atoms. The number of alkyl halides is 3. The molecule has 0 saturated heterocycles. The average molecular weight is 410 g/mol. The van der Waals surface area contributed by atoms with Crippen LogP contribution < -0.4 is 9.47 Å². The zero-order chi connectivity index (χ0) is 21.6. The lowest BCUT2D eigenvalue weighted by Gasteiger charge is -2.20. The maximum atomic E-state index is 12.5. The highest BCUT2D eigenvalue weighted by atomic mass is 19.4. The van der Waals surface area contributed by atoms with Crippen molar-refractivity contribution in [2.24, 2.45) is 0 Å². The van der Waals surface area contributed by atoms with Crippen LogP contribution in [0.25, 0.3) is 11.3 Å². The number of aromatic nitrogens is 2. The number of rotatable bonds is 9. The van der Waals surface area contributed by atoms with Gasteiger partial charge in [-0.25, -0.2) is 4.98 Å². The van der Waals surface area contributed by atoms with Crippen LogP contribution in [0.15, 0.2) is 18.2 Å². The molecule has 0 radical (unpaired) electrons. The van der Waals surface area contributed by atoms with Crippen LogP contribution in [-0.4, -0.2) is 23.4 Å². The van der Waals surface area contributed by atoms with Crippen LogP contribution in [0.5, 0.6) is 11.5 Å². The molecule has 2 rings (SSSR count). The monoisotopic (exact) mass is 410 g/mol. The van der Waals surface area contributed by atoms with Crippen molar-refractivity contribution in [1.82, 2.24) is 9.97 Å². The molecule has 0 aliphatic heterocycles. The Kier molecular flexibility index (Phi) is 7.88. The third kappa shape index (κ3) is 5.61. The maximum absolute atomic E-state index is 12.5. The predicted octanol–water partition coefficient (Wildman–Crippen LogP) is 6.47. The lowest BCUT2D eigenvalue weighted by molar-refractivity contribution is -0.274. The van der Waals surface area contributed by atoms with Crippen molar-refractivity contribution < 1.29 is 22.6 Å². The molecule has 2 aromatic rings. The SMILES string of the molecule is CCCC(CC)c1nc(CC)c(-c2ccc(OC(F)(F)F)cc2OC)nc1CC. The van der Waals surface area contributed by atoms with Crippen LogP contribution in [0.3, 0.4) is 0 Å². The van der Waals surface area contributed by atoms with Crippen LogP contribution in [0.4, 0.5) is 13.2 Å². The van der Waals surface area contributed by atoms with Crippen molar-refractivity contribution in [2.75, 3.05) is 7.11 Å². The van der Waals surface area contributed by atoms with Crippen molar-refractivity contribution in [3.63, 3.8) is 0 Å². The minimum atomic E-state index is -4.76. The summed E-state index contributed by atoms with van der Waals surface area (Å²) in [4.78, 5) is 9.85. The van der Waals surface area contributed by atoms with E-state index in [-0.39, 0.29) is 11.5 Å². The van der Waals surface area contributed by atoms with Crippen LogP contribution in [0.1, 0.15) is 70.0 Å². The number of hydrogen-bond donors (Lipinski definition) is 0. The molecule has 4 nitrogen and oxygen atoms in total. The average Bonchev–Trinajstić information content (AvgIpc) is 2.69. The van der Waals surface area contributed by atoms with E-state index < -0.39 is 6.36 Å². The summed E-state index contributed by atoms with van der Waals surface area (Å²) < 4.78 is 47.0. The number of ether oxygens (including phenoxy) is 2. The van der Waals surface area contributed by atoms with Gasteiger partial charge in [-0.1, -0.05) is 34.1 Å². The third-order valence-corrected chi connectivity index (χ3v) is 4.92. The van der Waals surface area contributed by atoms with Crippen LogP contribution in [0.2, 0.25) is 0 Å². The first kappa shape index (κ1) is 23.0. The van der Waals surface area contributed by atoms with E-state index in [0.717, 1.165) is 42.8 Å². The molecule has 0 bridgehead atoms. The number of benzene rings is 1. The summed E-state index contributed by atoms with van der Waals surface area (Å²) in [5.41, 5.74) is 4.03. The van der Waals surface area contributed by atoms with Gasteiger partial charge < -0.3 is 9.47 Å². The summed E-state index contributed by atoms with van der Waals surface area (Å²) in [6.07, 6.45) is -0.255. The first-order valence-corrected chi connectivity index (χ1v) is 10.1. The molecule has 0 N–H and O–H groups in total. The van der Waals surface area contributed by atoms with E-state index in [0.29, 0.717) is 23.6 Å². The highest BCUT2D eigenvalue weighted by Crippen LogP contribution is 2.37. The van der Waals surface area contributed by atoms with E-state index in [1.54, 1.807) is 6.07 Å². The van der Waals surface area contributed by atoms with Gasteiger partial charge in [0.25, 0.3) is 0 Å². The van der Waals surface area contributed by atoms with E-state index in [4.69, 9.17) is 14.7 Å². The van der Waals surface area contributed by atoms with Crippen LogP contribution in [-0.2, 0) is 12.8 Å². The van der Waals surface area contributed by atoms with Gasteiger partial charge in [0.2, 0.25) is 0 Å². The Hall–Kier alpha value is -2.31. The van der Waals surface area contributed by atoms with E-state index >= 15 is 0 Å². The lowest BCUT2D eigenvalue weighted by atomic mass is 9.93. The lowest BCUT2D eigenvalue weighted by Crippen LogP contribution is -2.17. The Morgan fingerprint density at radius 1 is 1.00 bits per heavy atom. The standard InChI is InChI=1S/C22H29F3N2O2/c1-6-10-14(7-2)20-17(8-3)27-21(18(9-4)26-20)16-12-11-15(13-19(16)28-5)29-22(23,24)25/h11-14H,6-10H2,1-5H3. The van der Waals surface area contributed by atoms with Crippen molar-refractivity contribution >= 4 is 0 Å². The zero-order valence-corrected chi connectivity index (χ0v) is 17.7. The van der Waals surface area contributed by atoms with E-state index in [1.165, 1.54) is 19.2 Å². The van der Waals surface area contributed by atoms with E-state index in [2.05, 4.69) is 18.6 Å². The Balaban J connectivity index is 2.59. The molecule has 1 aromatic heterocycles. The molecule has 1 atom stereocenters. The summed E-state index contributed by atoms with van der Waals surface area (Å²) in [5, 5.41) is 0. The molecule has 0 aliphatic rings. The summed E-state index contributed by atoms with van der Waals surface area (Å²) in [6.45, 7) is 8.35. The molecule has 0 fully saturated rings. The van der Waals surface area contributed by atoms with Gasteiger partial charge in [0, 0.05) is 17.5 Å². The minimum absolute atomic E-state index is 0.270. The second kappa shape index (κ2) is 9.94. The molecule has 0 aliphatic carbocycles. The fraction of sp³-hybridized carbons (Fsp3) is 0.545. The molecule has 1 heterocycles. The predicted molar refractivity (Wildman–Crippen MR) is 107 cm³/mol. The van der Waals surface area contributed by atoms with Gasteiger partial charge >= 0.3 is 6.36 Å². The summed E-state index contributed by atoms with van der Waals surface area (Å²) >= 11 is 0. The Labute approximate surface area is 170 Å². The highest BCUT2D eigenvalue weighted by Gasteiger charge is 2.31.